The van der Waals surface area contributed by atoms with Crippen molar-refractivity contribution >= 4 is 29.1 Å². The van der Waals surface area contributed by atoms with Crippen molar-refractivity contribution in [3.8, 4) is 0 Å². The van der Waals surface area contributed by atoms with E-state index in [2.05, 4.69) is 5.10 Å². The number of hydrogen-bond donors (Lipinski definition) is 0. The Bertz CT molecular complexity index is 835. The van der Waals surface area contributed by atoms with Crippen molar-refractivity contribution in [1.29, 1.82) is 0 Å². The topological polar surface area (TPSA) is 85.0 Å². The number of nitrogens with zero attached hydrogens (tertiary/aromatic N) is 3. The van der Waals surface area contributed by atoms with Crippen molar-refractivity contribution in [3.05, 3.63) is 74.8 Å². The van der Waals surface area contributed by atoms with Crippen molar-refractivity contribution in [2.75, 3.05) is 0 Å². The number of carbonyl (C=O) groups is 1. The number of amides is 1. The monoisotopic (exact) mass is 345 g/mol. The number of hydrazone groups is 1. The number of halogens is 1. The summed E-state index contributed by atoms with van der Waals surface area (Å²) in [4.78, 5) is 22.3. The molecule has 0 bridgehead atoms. The largest absolute Gasteiger partial charge is 0.446 e. The molecule has 0 N–H and O–H groups in total. The molecule has 1 aliphatic rings. The summed E-state index contributed by atoms with van der Waals surface area (Å²) in [5.74, 6) is -0.0890. The van der Waals surface area contributed by atoms with Crippen LogP contribution in [0.25, 0.3) is 0 Å². The lowest BCUT2D eigenvalue weighted by molar-refractivity contribution is -0.385. The molecular formula is C16H12ClN3O4. The third kappa shape index (κ3) is 3.07. The zero-order valence-electron chi connectivity index (χ0n) is 12.5. The summed E-state index contributed by atoms with van der Waals surface area (Å²) < 4.78 is 5.77. The molecule has 0 aromatic heterocycles. The van der Waals surface area contributed by atoms with Crippen LogP contribution in [-0.2, 0) is 9.53 Å². The SMILES string of the molecule is CC(=O)N1N=C(c2ccc(Cl)cc2)O[C@@H]1c1cccc([N+](=O)[O-])c1. The normalized spacial score (nSPS) is 16.5. The van der Waals surface area contributed by atoms with Gasteiger partial charge in [-0.2, -0.15) is 5.01 Å². The summed E-state index contributed by atoms with van der Waals surface area (Å²) >= 11 is 5.86. The smallest absolute Gasteiger partial charge is 0.269 e. The second-order valence-electron chi connectivity index (χ2n) is 5.10. The maximum absolute atomic E-state index is 11.9. The number of nitro benzene ring substituents is 1. The zero-order chi connectivity index (χ0) is 17.3. The van der Waals surface area contributed by atoms with Gasteiger partial charge in [-0.15, -0.1) is 5.10 Å². The molecule has 3 rings (SSSR count). The van der Waals surface area contributed by atoms with Crippen LogP contribution in [-0.4, -0.2) is 21.7 Å². The first kappa shape index (κ1) is 15.9. The molecule has 0 radical (unpaired) electrons. The Morgan fingerprint density at radius 2 is 2.00 bits per heavy atom. The lowest BCUT2D eigenvalue weighted by Gasteiger charge is -2.19. The molecule has 1 atom stereocenters. The molecule has 122 valence electrons. The van der Waals surface area contributed by atoms with E-state index in [9.17, 15) is 14.9 Å². The van der Waals surface area contributed by atoms with Crippen molar-refractivity contribution in [2.45, 2.75) is 13.2 Å². The van der Waals surface area contributed by atoms with Gasteiger partial charge in [0.15, 0.2) is 0 Å². The van der Waals surface area contributed by atoms with Crippen LogP contribution in [0.2, 0.25) is 5.02 Å². The maximum Gasteiger partial charge on any atom is 0.269 e. The molecule has 24 heavy (non-hydrogen) atoms. The van der Waals surface area contributed by atoms with Crippen molar-refractivity contribution < 1.29 is 14.5 Å². The van der Waals surface area contributed by atoms with Gasteiger partial charge in [-0.25, -0.2) is 0 Å². The highest BCUT2D eigenvalue weighted by Crippen LogP contribution is 2.32. The number of nitro groups is 1. The minimum atomic E-state index is -0.854. The van der Waals surface area contributed by atoms with E-state index >= 15 is 0 Å². The second-order valence-corrected chi connectivity index (χ2v) is 5.53. The molecule has 0 spiro atoms. The number of hydrogen-bond acceptors (Lipinski definition) is 5. The summed E-state index contributed by atoms with van der Waals surface area (Å²) in [6.07, 6.45) is -0.854. The average Bonchev–Trinajstić information content (AvgIpc) is 3.01. The van der Waals surface area contributed by atoms with Gasteiger partial charge in [0.2, 0.25) is 18.0 Å². The van der Waals surface area contributed by atoms with Crippen molar-refractivity contribution in [1.82, 2.24) is 5.01 Å². The molecule has 1 aliphatic heterocycles. The summed E-state index contributed by atoms with van der Waals surface area (Å²) in [5, 5.41) is 16.9. The Kier molecular flexibility index (Phi) is 4.18. The molecule has 0 saturated carbocycles. The molecule has 0 fully saturated rings. The van der Waals surface area contributed by atoms with E-state index in [-0.39, 0.29) is 17.5 Å². The number of carbonyl (C=O) groups excluding carboxylic acids is 1. The fourth-order valence-corrected chi connectivity index (χ4v) is 2.41. The predicted molar refractivity (Wildman–Crippen MR) is 87.4 cm³/mol. The summed E-state index contributed by atoms with van der Waals surface area (Å²) in [6.45, 7) is 1.35. The van der Waals surface area contributed by atoms with Gasteiger partial charge in [0, 0.05) is 35.2 Å². The molecule has 2 aromatic rings. The van der Waals surface area contributed by atoms with Crippen LogP contribution in [0.4, 0.5) is 5.69 Å². The van der Waals surface area contributed by atoms with E-state index in [4.69, 9.17) is 16.3 Å². The fourth-order valence-electron chi connectivity index (χ4n) is 2.28. The minimum absolute atomic E-state index is 0.0838. The molecule has 8 heteroatoms. The second kappa shape index (κ2) is 6.29. The van der Waals surface area contributed by atoms with Crippen LogP contribution in [0.15, 0.2) is 53.6 Å². The Balaban J connectivity index is 1.95. The van der Waals surface area contributed by atoms with Gasteiger partial charge in [0.05, 0.1) is 4.92 Å². The molecule has 0 saturated heterocycles. The van der Waals surface area contributed by atoms with E-state index in [1.165, 1.54) is 25.1 Å². The van der Waals surface area contributed by atoms with Crippen molar-refractivity contribution in [2.24, 2.45) is 5.10 Å². The lowest BCUT2D eigenvalue weighted by atomic mass is 10.1. The third-order valence-corrected chi connectivity index (χ3v) is 3.68. The Morgan fingerprint density at radius 3 is 2.62 bits per heavy atom. The Hall–Kier alpha value is -2.93. The Labute approximate surface area is 142 Å². The van der Waals surface area contributed by atoms with Gasteiger partial charge >= 0.3 is 0 Å². The van der Waals surface area contributed by atoms with E-state index in [1.807, 2.05) is 0 Å². The van der Waals surface area contributed by atoms with E-state index in [0.29, 0.717) is 16.1 Å². The molecule has 0 unspecified atom stereocenters. The quantitative estimate of drug-likeness (QED) is 0.629. The maximum atomic E-state index is 11.9. The standard InChI is InChI=1S/C16H12ClN3O4/c1-10(21)19-16(12-3-2-4-14(9-12)20(22)23)24-15(18-19)11-5-7-13(17)8-6-11/h2-9,16H,1H3/t16-/m1/s1. The van der Waals surface area contributed by atoms with Gasteiger partial charge in [0.1, 0.15) is 0 Å². The fraction of sp³-hybridized carbons (Fsp3) is 0.125. The highest BCUT2D eigenvalue weighted by Gasteiger charge is 2.33. The molecule has 0 aliphatic carbocycles. The number of rotatable bonds is 3. The third-order valence-electron chi connectivity index (χ3n) is 3.42. The van der Waals surface area contributed by atoms with E-state index in [1.54, 1.807) is 30.3 Å². The van der Waals surface area contributed by atoms with Gasteiger partial charge in [-0.05, 0) is 24.3 Å². The van der Waals surface area contributed by atoms with Gasteiger partial charge in [-0.3, -0.25) is 14.9 Å². The van der Waals surface area contributed by atoms with Crippen LogP contribution < -0.4 is 0 Å². The first-order chi connectivity index (χ1) is 11.5. The molecule has 2 aromatic carbocycles. The molecule has 7 nitrogen and oxygen atoms in total. The highest BCUT2D eigenvalue weighted by atomic mass is 35.5. The average molecular weight is 346 g/mol. The first-order valence-corrected chi connectivity index (χ1v) is 7.39. The van der Waals surface area contributed by atoms with Crippen LogP contribution in [0, 0.1) is 10.1 Å². The van der Waals surface area contributed by atoms with E-state index in [0.717, 1.165) is 5.01 Å². The van der Waals surface area contributed by atoms with Crippen LogP contribution in [0.5, 0.6) is 0 Å². The minimum Gasteiger partial charge on any atom is -0.446 e. The molecule has 1 heterocycles. The molecular weight excluding hydrogens is 334 g/mol. The predicted octanol–water partition coefficient (Wildman–Crippen LogP) is 3.49. The van der Waals surface area contributed by atoms with Crippen LogP contribution >= 0.6 is 11.6 Å². The van der Waals surface area contributed by atoms with Crippen molar-refractivity contribution in [3.63, 3.8) is 0 Å². The Morgan fingerprint density at radius 1 is 1.29 bits per heavy atom. The summed E-state index contributed by atoms with van der Waals surface area (Å²) in [7, 11) is 0. The first-order valence-electron chi connectivity index (χ1n) is 7.01. The van der Waals surface area contributed by atoms with E-state index < -0.39 is 11.2 Å². The zero-order valence-corrected chi connectivity index (χ0v) is 13.3. The molecule has 1 amide bonds. The number of ether oxygens (including phenoxy) is 1. The summed E-state index contributed by atoms with van der Waals surface area (Å²) in [5.41, 5.74) is 1.03. The summed E-state index contributed by atoms with van der Waals surface area (Å²) in [6, 6.07) is 12.7. The highest BCUT2D eigenvalue weighted by molar-refractivity contribution is 6.30. The lowest BCUT2D eigenvalue weighted by Crippen LogP contribution is -2.25. The van der Waals surface area contributed by atoms with Gasteiger partial charge in [0.25, 0.3) is 5.69 Å². The van der Waals surface area contributed by atoms with Crippen LogP contribution in [0.3, 0.4) is 0 Å². The van der Waals surface area contributed by atoms with Crippen LogP contribution in [0.1, 0.15) is 24.3 Å². The number of benzene rings is 2. The number of non-ortho nitro benzene ring substituents is 1. The van der Waals surface area contributed by atoms with Gasteiger partial charge < -0.3 is 4.74 Å². The van der Waals surface area contributed by atoms with Gasteiger partial charge in [-0.1, -0.05) is 23.7 Å².